The maximum Gasteiger partial charge on any atom is 0.260 e. The van der Waals surface area contributed by atoms with Crippen LogP contribution < -0.4 is 4.73 Å². The predicted octanol–water partition coefficient (Wildman–Crippen LogP) is -0.151. The molecule has 1 aromatic heterocycles. The zero-order valence-electron chi connectivity index (χ0n) is 11.7. The van der Waals surface area contributed by atoms with E-state index in [9.17, 15) is 15.1 Å². The smallest absolute Gasteiger partial charge is 0.260 e. The maximum absolute atomic E-state index is 12.3. The van der Waals surface area contributed by atoms with Crippen molar-refractivity contribution in [3.8, 4) is 0 Å². The molecule has 0 spiro atoms. The minimum Gasteiger partial charge on any atom is -0.619 e. The highest BCUT2D eigenvalue weighted by Gasteiger charge is 2.26. The Morgan fingerprint density at radius 1 is 1.45 bits per heavy atom. The second-order valence-electron chi connectivity index (χ2n) is 5.03. The Morgan fingerprint density at radius 2 is 2.15 bits per heavy atom. The van der Waals surface area contributed by atoms with E-state index in [1.807, 2.05) is 0 Å². The Balaban J connectivity index is 1.95. The van der Waals surface area contributed by atoms with Crippen LogP contribution in [0, 0.1) is 5.21 Å². The Kier molecular flexibility index (Phi) is 4.92. The fraction of sp³-hybridized carbons (Fsp3) is 0.571. The molecule has 0 radical (unpaired) electrons. The Morgan fingerprint density at radius 3 is 2.70 bits per heavy atom. The molecule has 1 fully saturated rings. The molecule has 1 aromatic rings. The third-order valence-electron chi connectivity index (χ3n) is 3.82. The molecule has 1 unspecified atom stereocenters. The average Bonchev–Trinajstić information content (AvgIpc) is 2.48. The Labute approximate surface area is 118 Å². The lowest BCUT2D eigenvalue weighted by Crippen LogP contribution is -2.52. The number of aromatic nitrogens is 1. The van der Waals surface area contributed by atoms with Gasteiger partial charge in [0.05, 0.1) is 6.61 Å². The summed E-state index contributed by atoms with van der Waals surface area (Å²) in [4.78, 5) is 16.2. The van der Waals surface area contributed by atoms with Gasteiger partial charge in [0.25, 0.3) is 5.91 Å². The lowest BCUT2D eigenvalue weighted by atomic mass is 10.1. The Bertz CT molecular complexity index is 455. The number of nitrogens with zero attached hydrogens (tertiary/aromatic N) is 3. The van der Waals surface area contributed by atoms with Gasteiger partial charge in [0.1, 0.15) is 5.56 Å². The van der Waals surface area contributed by atoms with Crippen molar-refractivity contribution in [1.82, 2.24) is 9.80 Å². The van der Waals surface area contributed by atoms with Gasteiger partial charge < -0.3 is 15.2 Å². The third-order valence-corrected chi connectivity index (χ3v) is 3.82. The molecule has 0 bridgehead atoms. The number of aliphatic hydroxyl groups excluding tert-OH is 1. The summed E-state index contributed by atoms with van der Waals surface area (Å²) in [5.41, 5.74) is 0.421. The summed E-state index contributed by atoms with van der Waals surface area (Å²) in [7, 11) is 0. The molecule has 1 N–H and O–H groups in total. The van der Waals surface area contributed by atoms with Crippen LogP contribution in [0.5, 0.6) is 0 Å². The average molecular weight is 279 g/mol. The van der Waals surface area contributed by atoms with Crippen LogP contribution in [0.1, 0.15) is 23.7 Å². The number of carbonyl (C=O) groups is 1. The molecule has 6 nitrogen and oxygen atoms in total. The lowest BCUT2D eigenvalue weighted by Gasteiger charge is -2.38. The van der Waals surface area contributed by atoms with Crippen molar-refractivity contribution in [1.29, 1.82) is 0 Å². The molecule has 2 heterocycles. The van der Waals surface area contributed by atoms with E-state index in [1.165, 1.54) is 12.4 Å². The predicted molar refractivity (Wildman–Crippen MR) is 74.0 cm³/mol. The highest BCUT2D eigenvalue weighted by molar-refractivity contribution is 5.93. The van der Waals surface area contributed by atoms with E-state index >= 15 is 0 Å². The number of pyridine rings is 1. The summed E-state index contributed by atoms with van der Waals surface area (Å²) in [6, 6.07) is 3.41. The van der Waals surface area contributed by atoms with Crippen LogP contribution in [0.15, 0.2) is 24.5 Å². The molecule has 1 aliphatic rings. The summed E-state index contributed by atoms with van der Waals surface area (Å²) < 4.78 is 0.641. The molecule has 1 amide bonds. The first-order valence-corrected chi connectivity index (χ1v) is 6.98. The van der Waals surface area contributed by atoms with Gasteiger partial charge in [-0.25, -0.2) is 0 Å². The van der Waals surface area contributed by atoms with Gasteiger partial charge in [-0.3, -0.25) is 9.69 Å². The van der Waals surface area contributed by atoms with Gasteiger partial charge in [-0.1, -0.05) is 6.92 Å². The minimum absolute atomic E-state index is 0.105. The van der Waals surface area contributed by atoms with Crippen molar-refractivity contribution in [3.05, 3.63) is 35.3 Å². The van der Waals surface area contributed by atoms with Crippen LogP contribution in [-0.4, -0.2) is 59.6 Å². The lowest BCUT2D eigenvalue weighted by molar-refractivity contribution is -0.605. The quantitative estimate of drug-likeness (QED) is 0.614. The largest absolute Gasteiger partial charge is 0.619 e. The number of amides is 1. The van der Waals surface area contributed by atoms with Gasteiger partial charge in [-0.2, -0.15) is 4.73 Å². The minimum atomic E-state index is -0.105. The standard InChI is InChI=1S/C14H21N3O3/c1-2-13(11-18)15-6-8-16(9-7-15)14(19)12-4-3-5-17(20)10-12/h3-5,10,13,18H,2,6-9,11H2,1H3. The van der Waals surface area contributed by atoms with E-state index in [2.05, 4.69) is 11.8 Å². The zero-order valence-corrected chi connectivity index (χ0v) is 11.7. The van der Waals surface area contributed by atoms with E-state index in [4.69, 9.17) is 0 Å². The van der Waals surface area contributed by atoms with Crippen LogP contribution in [0.25, 0.3) is 0 Å². The first kappa shape index (κ1) is 14.7. The monoisotopic (exact) mass is 279 g/mol. The van der Waals surface area contributed by atoms with Gasteiger partial charge in [0.2, 0.25) is 0 Å². The van der Waals surface area contributed by atoms with Gasteiger partial charge >= 0.3 is 0 Å². The molecule has 0 aromatic carbocycles. The maximum atomic E-state index is 12.3. The fourth-order valence-corrected chi connectivity index (χ4v) is 2.56. The third kappa shape index (κ3) is 3.26. The van der Waals surface area contributed by atoms with Crippen molar-refractivity contribution in [3.63, 3.8) is 0 Å². The van der Waals surface area contributed by atoms with Crippen LogP contribution in [0.3, 0.4) is 0 Å². The molecule has 1 saturated heterocycles. The van der Waals surface area contributed by atoms with E-state index in [0.29, 0.717) is 23.4 Å². The number of aliphatic hydroxyl groups is 1. The molecule has 1 aliphatic heterocycles. The number of carbonyl (C=O) groups excluding carboxylic acids is 1. The molecular formula is C14H21N3O3. The number of piperazine rings is 1. The van der Waals surface area contributed by atoms with E-state index in [1.54, 1.807) is 17.0 Å². The van der Waals surface area contributed by atoms with Gasteiger partial charge in [-0.05, 0) is 12.5 Å². The van der Waals surface area contributed by atoms with Crippen LogP contribution in [0.2, 0.25) is 0 Å². The van der Waals surface area contributed by atoms with E-state index in [0.717, 1.165) is 19.5 Å². The van der Waals surface area contributed by atoms with Crippen LogP contribution in [0.4, 0.5) is 0 Å². The molecule has 0 aliphatic carbocycles. The highest BCUT2D eigenvalue weighted by Crippen LogP contribution is 2.11. The van der Waals surface area contributed by atoms with Crippen molar-refractivity contribution in [2.75, 3.05) is 32.8 Å². The van der Waals surface area contributed by atoms with Crippen molar-refractivity contribution in [2.45, 2.75) is 19.4 Å². The van der Waals surface area contributed by atoms with Gasteiger partial charge in [-0.15, -0.1) is 0 Å². The summed E-state index contributed by atoms with van der Waals surface area (Å²) in [5, 5.41) is 20.5. The number of hydrogen-bond acceptors (Lipinski definition) is 4. The second kappa shape index (κ2) is 6.67. The SMILES string of the molecule is CCC(CO)N1CCN(C(=O)c2ccc[n+]([O-])c2)CC1. The van der Waals surface area contributed by atoms with Crippen molar-refractivity contribution < 1.29 is 14.6 Å². The first-order valence-electron chi connectivity index (χ1n) is 6.98. The second-order valence-corrected chi connectivity index (χ2v) is 5.03. The van der Waals surface area contributed by atoms with Gasteiger partial charge in [0.15, 0.2) is 12.4 Å². The summed E-state index contributed by atoms with van der Waals surface area (Å²) in [6.45, 7) is 4.98. The number of rotatable bonds is 4. The molecule has 6 heteroatoms. The van der Waals surface area contributed by atoms with Crippen molar-refractivity contribution >= 4 is 5.91 Å². The molecule has 20 heavy (non-hydrogen) atoms. The molecule has 110 valence electrons. The molecule has 0 saturated carbocycles. The molecule has 1 atom stereocenters. The highest BCUT2D eigenvalue weighted by atomic mass is 16.5. The normalized spacial score (nSPS) is 18.0. The summed E-state index contributed by atoms with van der Waals surface area (Å²) in [6.07, 6.45) is 3.57. The first-order chi connectivity index (χ1) is 9.65. The molecule has 2 rings (SSSR count). The zero-order chi connectivity index (χ0) is 14.5. The fourth-order valence-electron chi connectivity index (χ4n) is 2.56. The number of hydrogen-bond donors (Lipinski definition) is 1. The Hall–Kier alpha value is -1.66. The van der Waals surface area contributed by atoms with Gasteiger partial charge in [0, 0.05) is 38.3 Å². The topological polar surface area (TPSA) is 70.7 Å². The van der Waals surface area contributed by atoms with Crippen LogP contribution in [-0.2, 0) is 0 Å². The summed E-state index contributed by atoms with van der Waals surface area (Å²) in [5.74, 6) is -0.105. The van der Waals surface area contributed by atoms with Crippen LogP contribution >= 0.6 is 0 Å². The van der Waals surface area contributed by atoms with E-state index in [-0.39, 0.29) is 18.6 Å². The summed E-state index contributed by atoms with van der Waals surface area (Å²) >= 11 is 0. The van der Waals surface area contributed by atoms with Crippen molar-refractivity contribution in [2.24, 2.45) is 0 Å². The van der Waals surface area contributed by atoms with E-state index < -0.39 is 0 Å². The molecular weight excluding hydrogens is 258 g/mol.